The number of phenols is 1. The Kier molecular flexibility index (Phi) is 11.7. The van der Waals surface area contributed by atoms with Crippen molar-refractivity contribution in [3.8, 4) is 5.75 Å². The third-order valence-electron chi connectivity index (χ3n) is 13.0. The van der Waals surface area contributed by atoms with Crippen LogP contribution in [-0.4, -0.2) is 94.6 Å². The number of imide groups is 1. The lowest BCUT2D eigenvalue weighted by Gasteiger charge is -2.38. The number of hydrogen-bond acceptors (Lipinski definition) is 9. The smallest absolute Gasteiger partial charge is 0.328 e. The van der Waals surface area contributed by atoms with Gasteiger partial charge in [-0.3, -0.25) is 19.8 Å². The van der Waals surface area contributed by atoms with Crippen molar-refractivity contribution in [2.75, 3.05) is 57.3 Å². The zero-order chi connectivity index (χ0) is 42.1. The maximum Gasteiger partial charge on any atom is 0.328 e. The Morgan fingerprint density at radius 3 is 2.38 bits per heavy atom. The molecule has 4 aliphatic heterocycles. The molecule has 1 atom stereocenters. The molecule has 4 aromatic rings. The first-order valence-electron chi connectivity index (χ1n) is 21.2. The quantitative estimate of drug-likeness (QED) is 0.133. The van der Waals surface area contributed by atoms with Crippen LogP contribution < -0.4 is 27.4 Å². The van der Waals surface area contributed by atoms with Crippen molar-refractivity contribution < 1.29 is 23.9 Å². The van der Waals surface area contributed by atoms with Crippen molar-refractivity contribution in [3.05, 3.63) is 113 Å². The van der Waals surface area contributed by atoms with Gasteiger partial charge in [0.15, 0.2) is 0 Å². The van der Waals surface area contributed by atoms with E-state index in [-0.39, 0.29) is 54.0 Å². The largest absolute Gasteiger partial charge is 0.507 e. The maximum absolute atomic E-state index is 15.4. The van der Waals surface area contributed by atoms with Gasteiger partial charge in [0.2, 0.25) is 5.91 Å². The molecule has 1 unspecified atom stereocenters. The van der Waals surface area contributed by atoms with Crippen molar-refractivity contribution in [3.63, 3.8) is 0 Å². The van der Waals surface area contributed by atoms with Gasteiger partial charge in [0, 0.05) is 105 Å². The van der Waals surface area contributed by atoms with Crippen LogP contribution in [0.2, 0.25) is 0 Å². The molecule has 0 bridgehead atoms. The number of halogens is 1. The van der Waals surface area contributed by atoms with E-state index in [9.17, 15) is 19.5 Å². The summed E-state index contributed by atoms with van der Waals surface area (Å²) in [4.78, 5) is 45.7. The molecule has 0 saturated carbocycles. The summed E-state index contributed by atoms with van der Waals surface area (Å²) in [7, 11) is 0. The highest BCUT2D eigenvalue weighted by molar-refractivity contribution is 6.06. The number of amides is 4. The van der Waals surface area contributed by atoms with E-state index in [0.29, 0.717) is 29.4 Å². The van der Waals surface area contributed by atoms with Gasteiger partial charge in [-0.2, -0.15) is 0 Å². The molecule has 8 N–H and O–H groups in total. The number of para-hydroxylation sites is 1. The molecule has 316 valence electrons. The number of anilines is 1. The Balaban J connectivity index is 0.823. The average Bonchev–Trinajstić information content (AvgIpc) is 3.65. The van der Waals surface area contributed by atoms with Crippen molar-refractivity contribution in [2.24, 2.45) is 23.1 Å². The summed E-state index contributed by atoms with van der Waals surface area (Å²) in [6.07, 6.45) is 9.70. The summed E-state index contributed by atoms with van der Waals surface area (Å²) in [5.41, 5.74) is 24.3. The van der Waals surface area contributed by atoms with E-state index in [1.54, 1.807) is 30.3 Å². The number of nitrogens with one attached hydrogen (secondary N) is 1. The van der Waals surface area contributed by atoms with Gasteiger partial charge in [0.05, 0.1) is 16.9 Å². The van der Waals surface area contributed by atoms with Crippen LogP contribution in [-0.2, 0) is 4.79 Å². The zero-order valence-corrected chi connectivity index (χ0v) is 34.3. The van der Waals surface area contributed by atoms with Gasteiger partial charge in [-0.1, -0.05) is 18.2 Å². The predicted molar refractivity (Wildman–Crippen MR) is 231 cm³/mol. The number of hydrogen-bond donors (Lipinski definition) is 5. The van der Waals surface area contributed by atoms with Gasteiger partial charge in [-0.25, -0.2) is 9.18 Å². The zero-order valence-electron chi connectivity index (χ0n) is 34.3. The number of benzene rings is 3. The molecule has 4 amide bonds. The molecule has 4 fully saturated rings. The SMILES string of the molecule is Cc1cc(C(=O)N2CCC(CN3CCC(n4ccc5cc(N6CCC(=O)NC6=O)c(F)cc54)CC3)CC2)ccc1C1CCCN(C(/C=C(\N)c2ccccc2O)=C(N)N)C1. The highest BCUT2D eigenvalue weighted by Crippen LogP contribution is 2.35. The number of rotatable bonds is 9. The normalized spacial score (nSPS) is 20.1. The third-order valence-corrected chi connectivity index (χ3v) is 13.0. The minimum Gasteiger partial charge on any atom is -0.507 e. The van der Waals surface area contributed by atoms with Crippen LogP contribution in [0.25, 0.3) is 16.6 Å². The molecule has 4 aliphatic rings. The second-order valence-electron chi connectivity index (χ2n) is 16.9. The monoisotopic (exact) mass is 817 g/mol. The van der Waals surface area contributed by atoms with Crippen molar-refractivity contribution >= 4 is 40.1 Å². The fraction of sp³-hybridized carbons (Fsp3) is 0.413. The maximum atomic E-state index is 15.4. The lowest BCUT2D eigenvalue weighted by molar-refractivity contribution is -0.120. The summed E-state index contributed by atoms with van der Waals surface area (Å²) < 4.78 is 17.5. The molecule has 60 heavy (non-hydrogen) atoms. The molecule has 3 aromatic carbocycles. The van der Waals surface area contributed by atoms with Crippen molar-refractivity contribution in [1.29, 1.82) is 0 Å². The number of aryl methyl sites for hydroxylation is 1. The topological polar surface area (TPSA) is 179 Å². The standard InChI is InChI=1S/C46H56FN9O4/c1-29-23-32(8-9-35(29)33-5-4-16-54(28-33)41(44(49)50)26-38(48)36-6-2-3-7-42(36)57)45(59)53-19-10-30(11-20-53)27-52-17-13-34(14-18-52)55-21-12-31-24-40(37(47)25-39(31)55)56-22-15-43(58)51-46(56)60/h2-3,6-9,12,21,23-26,30,33-34,57H,4-5,10-11,13-20,22,27-28,48-50H2,1H3,(H,51,58,60)/b38-26-. The van der Waals surface area contributed by atoms with E-state index in [1.807, 2.05) is 35.4 Å². The van der Waals surface area contributed by atoms with Crippen LogP contribution in [0.15, 0.2) is 84.5 Å². The number of aromatic nitrogens is 1. The molecular formula is C46H56FN9O4. The molecule has 14 heteroatoms. The molecular weight excluding hydrogens is 762 g/mol. The summed E-state index contributed by atoms with van der Waals surface area (Å²) in [6.45, 7) is 8.12. The Morgan fingerprint density at radius 2 is 1.67 bits per heavy atom. The summed E-state index contributed by atoms with van der Waals surface area (Å²) >= 11 is 0. The number of urea groups is 1. The van der Waals surface area contributed by atoms with E-state index in [0.717, 1.165) is 99.8 Å². The number of nitrogens with two attached hydrogens (primary N) is 3. The van der Waals surface area contributed by atoms with E-state index < -0.39 is 11.8 Å². The van der Waals surface area contributed by atoms with Gasteiger partial charge in [0.25, 0.3) is 5.91 Å². The van der Waals surface area contributed by atoms with E-state index in [2.05, 4.69) is 32.7 Å². The highest BCUT2D eigenvalue weighted by atomic mass is 19.1. The number of carbonyl (C=O) groups excluding carboxylic acids is 3. The average molecular weight is 818 g/mol. The van der Waals surface area contributed by atoms with Gasteiger partial charge in [-0.05, 0) is 105 Å². The number of fused-ring (bicyclic) bond motifs is 1. The van der Waals surface area contributed by atoms with Crippen LogP contribution in [0, 0.1) is 18.7 Å². The van der Waals surface area contributed by atoms with E-state index in [4.69, 9.17) is 17.2 Å². The van der Waals surface area contributed by atoms with Crippen LogP contribution >= 0.6 is 0 Å². The lowest BCUT2D eigenvalue weighted by atomic mass is 9.86. The van der Waals surface area contributed by atoms with E-state index in [1.165, 1.54) is 16.5 Å². The van der Waals surface area contributed by atoms with Crippen LogP contribution in [0.1, 0.15) is 84.0 Å². The first-order chi connectivity index (χ1) is 28.9. The lowest BCUT2D eigenvalue weighted by Crippen LogP contribution is -2.49. The first kappa shape index (κ1) is 40.7. The summed E-state index contributed by atoms with van der Waals surface area (Å²) in [5.74, 6) is 0.271. The molecule has 4 saturated heterocycles. The van der Waals surface area contributed by atoms with Gasteiger partial charge in [-0.15, -0.1) is 0 Å². The van der Waals surface area contributed by atoms with Crippen molar-refractivity contribution in [2.45, 2.75) is 63.8 Å². The summed E-state index contributed by atoms with van der Waals surface area (Å²) in [5, 5.41) is 13.5. The number of piperidine rings is 3. The molecule has 8 rings (SSSR count). The third kappa shape index (κ3) is 8.51. The van der Waals surface area contributed by atoms with Crippen LogP contribution in [0.3, 0.4) is 0 Å². The second-order valence-corrected chi connectivity index (χ2v) is 16.9. The highest BCUT2D eigenvalue weighted by Gasteiger charge is 2.31. The molecule has 5 heterocycles. The Hall–Kier alpha value is -6.02. The van der Waals surface area contributed by atoms with Crippen LogP contribution in [0.4, 0.5) is 14.9 Å². The Morgan fingerprint density at radius 1 is 0.900 bits per heavy atom. The molecule has 0 spiro atoms. The number of aromatic hydroxyl groups is 1. The minimum absolute atomic E-state index is 0.0805. The molecule has 0 radical (unpaired) electrons. The first-order valence-corrected chi connectivity index (χ1v) is 21.2. The number of nitrogens with zero attached hydrogens (tertiary/aromatic N) is 5. The van der Waals surface area contributed by atoms with Gasteiger partial charge >= 0.3 is 6.03 Å². The van der Waals surface area contributed by atoms with Crippen LogP contribution in [0.5, 0.6) is 5.75 Å². The summed E-state index contributed by atoms with van der Waals surface area (Å²) in [6, 6.07) is 17.9. The Bertz CT molecular complexity index is 2340. The number of likely N-dealkylation sites (tertiary alicyclic amines) is 3. The van der Waals surface area contributed by atoms with Crippen molar-refractivity contribution in [1.82, 2.24) is 24.6 Å². The molecule has 1 aromatic heterocycles. The number of carbonyl (C=O) groups is 3. The Labute approximate surface area is 350 Å². The van der Waals surface area contributed by atoms with Gasteiger partial charge < -0.3 is 41.6 Å². The number of phenolic OH excluding ortho intramolecular Hbond substituents is 1. The molecule has 13 nitrogen and oxygen atoms in total. The minimum atomic E-state index is -0.593. The fourth-order valence-corrected chi connectivity index (χ4v) is 9.75. The van der Waals surface area contributed by atoms with Gasteiger partial charge in [0.1, 0.15) is 17.4 Å². The second kappa shape index (κ2) is 17.3. The number of allylic oxidation sites excluding steroid dienone is 1. The molecule has 0 aliphatic carbocycles. The fourth-order valence-electron chi connectivity index (χ4n) is 9.75. The predicted octanol–water partition coefficient (Wildman–Crippen LogP) is 5.70. The van der Waals surface area contributed by atoms with E-state index >= 15 is 4.39 Å².